The number of hydrogen-bond donors (Lipinski definition) is 1. The van der Waals surface area contributed by atoms with E-state index >= 15 is 0 Å². The normalized spacial score (nSPS) is 21.6. The van der Waals surface area contributed by atoms with E-state index in [9.17, 15) is 14.0 Å². The molecule has 5 nitrogen and oxygen atoms in total. The van der Waals surface area contributed by atoms with Crippen LogP contribution in [0, 0.1) is 5.82 Å². The van der Waals surface area contributed by atoms with E-state index < -0.39 is 11.6 Å². The van der Waals surface area contributed by atoms with Gasteiger partial charge in [-0.1, -0.05) is 12.1 Å². The van der Waals surface area contributed by atoms with Crippen molar-refractivity contribution >= 4 is 11.9 Å². The number of likely N-dealkylation sites (tertiary alicyclic amines) is 1. The monoisotopic (exact) mass is 322 g/mol. The second-order valence-corrected chi connectivity index (χ2v) is 6.88. The summed E-state index contributed by atoms with van der Waals surface area (Å²) in [6.07, 6.45) is 0.486. The topological polar surface area (TPSA) is 72.6 Å². The lowest BCUT2D eigenvalue weighted by molar-refractivity contribution is -0.156. The lowest BCUT2D eigenvalue weighted by Gasteiger charge is -2.26. The number of nitrogens with two attached hydrogens (primary N) is 1. The zero-order valence-electron chi connectivity index (χ0n) is 13.7. The largest absolute Gasteiger partial charge is 0.460 e. The number of ether oxygens (including phenoxy) is 1. The van der Waals surface area contributed by atoms with Gasteiger partial charge < -0.3 is 15.4 Å². The fourth-order valence-electron chi connectivity index (χ4n) is 2.72. The van der Waals surface area contributed by atoms with Gasteiger partial charge in [-0.3, -0.25) is 9.59 Å². The maximum absolute atomic E-state index is 13.3. The van der Waals surface area contributed by atoms with E-state index in [0.29, 0.717) is 12.0 Å². The molecule has 0 aliphatic carbocycles. The van der Waals surface area contributed by atoms with Crippen molar-refractivity contribution in [1.29, 1.82) is 0 Å². The lowest BCUT2D eigenvalue weighted by atomic mass is 10.1. The molecule has 1 heterocycles. The molecular formula is C17H23FN2O3. The van der Waals surface area contributed by atoms with Gasteiger partial charge >= 0.3 is 5.97 Å². The standard InChI is InChI=1S/C17H23FN2O3/c1-17(2,3)23-15(21)9-13-8-14(19)16(22)20(13)10-11-5-4-6-12(18)7-11/h4-7,13-14H,8-10,19H2,1-3H3/t13-,14+/m0/s1. The minimum absolute atomic E-state index is 0.0893. The second-order valence-electron chi connectivity index (χ2n) is 6.88. The number of nitrogens with zero attached hydrogens (tertiary/aromatic N) is 1. The highest BCUT2D eigenvalue weighted by atomic mass is 19.1. The van der Waals surface area contributed by atoms with Crippen LogP contribution in [0.5, 0.6) is 0 Å². The van der Waals surface area contributed by atoms with Gasteiger partial charge in [-0.25, -0.2) is 4.39 Å². The Morgan fingerprint density at radius 3 is 2.74 bits per heavy atom. The minimum Gasteiger partial charge on any atom is -0.460 e. The highest BCUT2D eigenvalue weighted by molar-refractivity contribution is 5.85. The Morgan fingerprint density at radius 1 is 1.43 bits per heavy atom. The summed E-state index contributed by atoms with van der Waals surface area (Å²) in [5.41, 5.74) is 5.92. The molecule has 2 atom stereocenters. The van der Waals surface area contributed by atoms with Gasteiger partial charge in [0.1, 0.15) is 11.4 Å². The molecule has 23 heavy (non-hydrogen) atoms. The van der Waals surface area contributed by atoms with Crippen LogP contribution in [0.3, 0.4) is 0 Å². The van der Waals surface area contributed by atoms with Crippen molar-refractivity contribution in [1.82, 2.24) is 4.90 Å². The molecule has 1 fully saturated rings. The molecule has 1 aromatic carbocycles. The summed E-state index contributed by atoms with van der Waals surface area (Å²) in [7, 11) is 0. The van der Waals surface area contributed by atoms with Gasteiger partial charge in [-0.05, 0) is 44.9 Å². The van der Waals surface area contributed by atoms with Crippen LogP contribution in [-0.4, -0.2) is 34.5 Å². The number of hydrogen-bond acceptors (Lipinski definition) is 4. The molecular weight excluding hydrogens is 299 g/mol. The molecule has 0 saturated carbocycles. The zero-order valence-corrected chi connectivity index (χ0v) is 13.7. The number of halogens is 1. The van der Waals surface area contributed by atoms with Crippen molar-refractivity contribution in [3.05, 3.63) is 35.6 Å². The van der Waals surface area contributed by atoms with Crippen molar-refractivity contribution in [2.45, 2.75) is 57.8 Å². The fourth-order valence-corrected chi connectivity index (χ4v) is 2.72. The zero-order chi connectivity index (χ0) is 17.2. The molecule has 2 N–H and O–H groups in total. The predicted molar refractivity (Wildman–Crippen MR) is 83.8 cm³/mol. The van der Waals surface area contributed by atoms with Gasteiger partial charge in [0.05, 0.1) is 12.5 Å². The third-order valence-electron chi connectivity index (χ3n) is 3.63. The quantitative estimate of drug-likeness (QED) is 0.861. The molecule has 0 radical (unpaired) electrons. The van der Waals surface area contributed by atoms with Crippen LogP contribution in [0.15, 0.2) is 24.3 Å². The van der Waals surface area contributed by atoms with E-state index in [1.54, 1.807) is 37.8 Å². The van der Waals surface area contributed by atoms with E-state index in [-0.39, 0.29) is 36.7 Å². The highest BCUT2D eigenvalue weighted by Gasteiger charge is 2.39. The fraction of sp³-hybridized carbons (Fsp3) is 0.529. The number of amides is 1. The molecule has 0 unspecified atom stereocenters. The van der Waals surface area contributed by atoms with Crippen LogP contribution >= 0.6 is 0 Å². The molecule has 126 valence electrons. The average Bonchev–Trinajstić information content (AvgIpc) is 2.64. The minimum atomic E-state index is -0.629. The molecule has 1 amide bonds. The molecule has 6 heteroatoms. The Morgan fingerprint density at radius 2 is 2.13 bits per heavy atom. The first-order chi connectivity index (χ1) is 10.7. The Kier molecular flexibility index (Phi) is 5.04. The molecule has 0 bridgehead atoms. The van der Waals surface area contributed by atoms with Gasteiger partial charge in [0.15, 0.2) is 0 Å². The SMILES string of the molecule is CC(C)(C)OC(=O)C[C@@H]1C[C@@H](N)C(=O)N1Cc1cccc(F)c1. The van der Waals surface area contributed by atoms with Crippen LogP contribution in [-0.2, 0) is 20.9 Å². The smallest absolute Gasteiger partial charge is 0.308 e. The first-order valence-corrected chi connectivity index (χ1v) is 7.68. The second kappa shape index (κ2) is 6.66. The summed E-state index contributed by atoms with van der Waals surface area (Å²) in [6.45, 7) is 5.61. The lowest BCUT2D eigenvalue weighted by Crippen LogP contribution is -2.37. The summed E-state index contributed by atoms with van der Waals surface area (Å²) in [5, 5.41) is 0. The first-order valence-electron chi connectivity index (χ1n) is 7.68. The summed E-state index contributed by atoms with van der Waals surface area (Å²) in [6, 6.07) is 5.10. The Balaban J connectivity index is 2.08. The number of esters is 1. The van der Waals surface area contributed by atoms with E-state index in [4.69, 9.17) is 10.5 Å². The van der Waals surface area contributed by atoms with Crippen LogP contribution in [0.1, 0.15) is 39.2 Å². The van der Waals surface area contributed by atoms with Gasteiger partial charge in [0, 0.05) is 12.6 Å². The summed E-state index contributed by atoms with van der Waals surface area (Å²) in [4.78, 5) is 25.8. The Labute approximate surface area is 135 Å². The Bertz CT molecular complexity index is 598. The third kappa shape index (κ3) is 4.76. The molecule has 1 aliphatic rings. The van der Waals surface area contributed by atoms with Crippen molar-refractivity contribution in [3.8, 4) is 0 Å². The third-order valence-corrected chi connectivity index (χ3v) is 3.63. The van der Waals surface area contributed by atoms with Crippen LogP contribution in [0.25, 0.3) is 0 Å². The summed E-state index contributed by atoms with van der Waals surface area (Å²) in [5.74, 6) is -0.946. The van der Waals surface area contributed by atoms with Gasteiger partial charge in [-0.2, -0.15) is 0 Å². The van der Waals surface area contributed by atoms with E-state index in [0.717, 1.165) is 0 Å². The molecule has 0 spiro atoms. The van der Waals surface area contributed by atoms with Gasteiger partial charge in [0.25, 0.3) is 0 Å². The molecule has 1 aromatic rings. The van der Waals surface area contributed by atoms with Gasteiger partial charge in [-0.15, -0.1) is 0 Å². The van der Waals surface area contributed by atoms with E-state index in [1.807, 2.05) is 0 Å². The van der Waals surface area contributed by atoms with Crippen LogP contribution in [0.4, 0.5) is 4.39 Å². The number of rotatable bonds is 4. The Hall–Kier alpha value is -1.95. The van der Waals surface area contributed by atoms with Crippen LogP contribution in [0.2, 0.25) is 0 Å². The summed E-state index contributed by atoms with van der Waals surface area (Å²) >= 11 is 0. The average molecular weight is 322 g/mol. The van der Waals surface area contributed by atoms with Crippen molar-refractivity contribution in [3.63, 3.8) is 0 Å². The number of carbonyl (C=O) groups excluding carboxylic acids is 2. The van der Waals surface area contributed by atoms with Crippen molar-refractivity contribution < 1.29 is 18.7 Å². The molecule has 1 saturated heterocycles. The van der Waals surface area contributed by atoms with Gasteiger partial charge in [0.2, 0.25) is 5.91 Å². The highest BCUT2D eigenvalue weighted by Crippen LogP contribution is 2.24. The number of benzene rings is 1. The molecule has 1 aliphatic heterocycles. The first kappa shape index (κ1) is 17.4. The van der Waals surface area contributed by atoms with Crippen LogP contribution < -0.4 is 5.73 Å². The van der Waals surface area contributed by atoms with Crippen molar-refractivity contribution in [2.24, 2.45) is 5.73 Å². The molecule has 0 aromatic heterocycles. The molecule has 2 rings (SSSR count). The maximum atomic E-state index is 13.3. The van der Waals surface area contributed by atoms with E-state index in [2.05, 4.69) is 0 Å². The van der Waals surface area contributed by atoms with Crippen molar-refractivity contribution in [2.75, 3.05) is 0 Å². The maximum Gasteiger partial charge on any atom is 0.308 e. The summed E-state index contributed by atoms with van der Waals surface area (Å²) < 4.78 is 18.6. The van der Waals surface area contributed by atoms with E-state index in [1.165, 1.54) is 12.1 Å². The number of carbonyl (C=O) groups is 2. The predicted octanol–water partition coefficient (Wildman–Crippen LogP) is 1.99.